The van der Waals surface area contributed by atoms with E-state index in [9.17, 15) is 9.90 Å². The summed E-state index contributed by atoms with van der Waals surface area (Å²) in [6.07, 6.45) is 3.21. The van der Waals surface area contributed by atoms with Crippen LogP contribution in [0.15, 0.2) is 22.9 Å². The first-order chi connectivity index (χ1) is 13.9. The maximum atomic E-state index is 12.2. The SMILES string of the molecule is CCC[C@@H](O)C12C3CC4C5[C@H](C)/C(=C6/OC(=O)C(C)=C6OC)O[C@]5(O3)C1CCN42. The maximum Gasteiger partial charge on any atom is 0.343 e. The molecule has 0 amide bonds. The number of aliphatic hydroxyl groups is 1. The Morgan fingerprint density at radius 1 is 1.41 bits per heavy atom. The lowest BCUT2D eigenvalue weighted by molar-refractivity contribution is -0.257. The number of esters is 1. The number of aliphatic hydroxyl groups excluding tert-OH is 1. The van der Waals surface area contributed by atoms with Crippen LogP contribution in [0.4, 0.5) is 0 Å². The minimum Gasteiger partial charge on any atom is -0.492 e. The molecule has 5 fully saturated rings. The van der Waals surface area contributed by atoms with Crippen molar-refractivity contribution >= 4 is 5.97 Å². The first kappa shape index (κ1) is 18.2. The van der Waals surface area contributed by atoms with Gasteiger partial charge in [0.1, 0.15) is 5.76 Å². The van der Waals surface area contributed by atoms with Crippen LogP contribution in [0.1, 0.15) is 46.5 Å². The Bertz CT molecular complexity index is 865. The number of carbonyl (C=O) groups excluding carboxylic acids is 1. The molecule has 6 unspecified atom stereocenters. The van der Waals surface area contributed by atoms with Crippen molar-refractivity contribution in [2.75, 3.05) is 13.7 Å². The summed E-state index contributed by atoms with van der Waals surface area (Å²) >= 11 is 0. The normalized spacial score (nSPS) is 52.2. The lowest BCUT2D eigenvalue weighted by Crippen LogP contribution is -2.65. The van der Waals surface area contributed by atoms with Crippen molar-refractivity contribution in [3.05, 3.63) is 22.9 Å². The minimum atomic E-state index is -0.737. The van der Waals surface area contributed by atoms with E-state index in [2.05, 4.69) is 18.7 Å². The van der Waals surface area contributed by atoms with Gasteiger partial charge in [-0.15, -0.1) is 0 Å². The maximum absolute atomic E-state index is 12.2. The second kappa shape index (κ2) is 5.56. The summed E-state index contributed by atoms with van der Waals surface area (Å²) in [5.74, 6) is 0.736. The highest BCUT2D eigenvalue weighted by Gasteiger charge is 2.85. The lowest BCUT2D eigenvalue weighted by atomic mass is 9.68. The van der Waals surface area contributed by atoms with Crippen LogP contribution in [-0.4, -0.2) is 59.2 Å². The van der Waals surface area contributed by atoms with Gasteiger partial charge in [-0.25, -0.2) is 4.79 Å². The molecular weight excluding hydrogens is 374 g/mol. The summed E-state index contributed by atoms with van der Waals surface area (Å²) in [7, 11) is 1.55. The van der Waals surface area contributed by atoms with E-state index in [-0.39, 0.29) is 35.4 Å². The highest BCUT2D eigenvalue weighted by atomic mass is 16.7. The average molecular weight is 403 g/mol. The second-order valence-corrected chi connectivity index (χ2v) is 9.52. The molecule has 29 heavy (non-hydrogen) atoms. The molecule has 0 aliphatic carbocycles. The number of hydrogen-bond acceptors (Lipinski definition) is 7. The fraction of sp³-hybridized carbons (Fsp3) is 0.773. The molecule has 6 heterocycles. The molecule has 0 aromatic carbocycles. The number of rotatable bonds is 4. The number of methoxy groups -OCH3 is 1. The zero-order chi connectivity index (χ0) is 20.3. The van der Waals surface area contributed by atoms with Crippen LogP contribution in [0.3, 0.4) is 0 Å². The van der Waals surface area contributed by atoms with E-state index in [4.69, 9.17) is 18.9 Å². The van der Waals surface area contributed by atoms with Crippen LogP contribution in [0.2, 0.25) is 0 Å². The van der Waals surface area contributed by atoms with Gasteiger partial charge in [-0.05, 0) is 32.7 Å². The molecule has 6 aliphatic heterocycles. The van der Waals surface area contributed by atoms with E-state index in [0.717, 1.165) is 32.2 Å². The third-order valence-electron chi connectivity index (χ3n) is 8.57. The zero-order valence-corrected chi connectivity index (χ0v) is 17.4. The van der Waals surface area contributed by atoms with E-state index in [1.54, 1.807) is 14.0 Å². The monoisotopic (exact) mass is 403 g/mol. The van der Waals surface area contributed by atoms with Crippen LogP contribution >= 0.6 is 0 Å². The first-order valence-electron chi connectivity index (χ1n) is 10.9. The number of ether oxygens (including phenoxy) is 4. The summed E-state index contributed by atoms with van der Waals surface area (Å²) < 4.78 is 24.4. The summed E-state index contributed by atoms with van der Waals surface area (Å²) in [6, 6.07) is 0.320. The molecule has 5 saturated heterocycles. The fourth-order valence-electron chi connectivity index (χ4n) is 7.74. The number of nitrogens with zero attached hydrogens (tertiary/aromatic N) is 1. The van der Waals surface area contributed by atoms with E-state index >= 15 is 0 Å². The van der Waals surface area contributed by atoms with Crippen LogP contribution < -0.4 is 0 Å². The van der Waals surface area contributed by atoms with Gasteiger partial charge in [0, 0.05) is 17.9 Å². The largest absolute Gasteiger partial charge is 0.492 e. The Labute approximate surface area is 170 Å². The van der Waals surface area contributed by atoms with Gasteiger partial charge in [0.2, 0.25) is 11.5 Å². The first-order valence-corrected chi connectivity index (χ1v) is 10.9. The third-order valence-corrected chi connectivity index (χ3v) is 8.57. The van der Waals surface area contributed by atoms with Crippen molar-refractivity contribution in [2.45, 2.75) is 76.0 Å². The number of cyclic esters (lactones) is 1. The molecule has 7 heteroatoms. The molecule has 0 radical (unpaired) electrons. The van der Waals surface area contributed by atoms with Crippen LogP contribution in [-0.2, 0) is 23.7 Å². The Morgan fingerprint density at radius 3 is 2.93 bits per heavy atom. The topological polar surface area (TPSA) is 77.5 Å². The molecule has 6 rings (SSSR count). The summed E-state index contributed by atoms with van der Waals surface area (Å²) in [5, 5.41) is 11.3. The molecule has 7 nitrogen and oxygen atoms in total. The number of carbonyl (C=O) groups is 1. The second-order valence-electron chi connectivity index (χ2n) is 9.52. The summed E-state index contributed by atoms with van der Waals surface area (Å²) in [4.78, 5) is 14.7. The van der Waals surface area contributed by atoms with Gasteiger partial charge in [-0.3, -0.25) is 4.90 Å². The molecule has 158 valence electrons. The Kier molecular flexibility index (Phi) is 3.49. The van der Waals surface area contributed by atoms with Gasteiger partial charge in [-0.2, -0.15) is 0 Å². The predicted octanol–water partition coefficient (Wildman–Crippen LogP) is 2.06. The molecule has 5 bridgehead atoms. The third kappa shape index (κ3) is 1.77. The Balaban J connectivity index is 1.48. The van der Waals surface area contributed by atoms with E-state index < -0.39 is 11.9 Å². The van der Waals surface area contributed by atoms with E-state index in [1.807, 2.05) is 0 Å². The molecule has 1 N–H and O–H groups in total. The molecule has 1 spiro atoms. The smallest absolute Gasteiger partial charge is 0.343 e. The van der Waals surface area contributed by atoms with E-state index in [1.165, 1.54) is 0 Å². The number of fused-ring (bicyclic) bond motifs is 1. The van der Waals surface area contributed by atoms with Crippen molar-refractivity contribution in [1.29, 1.82) is 0 Å². The molecule has 9 atom stereocenters. The summed E-state index contributed by atoms with van der Waals surface area (Å²) in [6.45, 7) is 6.96. The van der Waals surface area contributed by atoms with Gasteiger partial charge >= 0.3 is 5.97 Å². The molecule has 0 aromatic heterocycles. The standard InChI is InChI=1S/C22H29NO6/c1-5-6-14(24)21-13-7-8-23(21)12-9-15(21)28-22(13)16(12)10(2)18(29-22)19-17(26-4)11(3)20(25)27-19/h10,12-16,24H,5-9H2,1-4H3/b19-18-/t10-,12?,13?,14+,15?,16?,21?,22+/m0/s1. The van der Waals surface area contributed by atoms with Crippen LogP contribution in [0.5, 0.6) is 0 Å². The van der Waals surface area contributed by atoms with Crippen LogP contribution in [0.25, 0.3) is 0 Å². The minimum absolute atomic E-state index is 0.000322. The van der Waals surface area contributed by atoms with Crippen molar-refractivity contribution in [2.24, 2.45) is 17.8 Å². The predicted molar refractivity (Wildman–Crippen MR) is 101 cm³/mol. The Hall–Kier alpha value is -1.57. The van der Waals surface area contributed by atoms with Crippen LogP contribution in [0, 0.1) is 17.8 Å². The van der Waals surface area contributed by atoms with Gasteiger partial charge in [0.05, 0.1) is 36.3 Å². The van der Waals surface area contributed by atoms with Gasteiger partial charge in [-0.1, -0.05) is 20.3 Å². The van der Waals surface area contributed by atoms with Gasteiger partial charge < -0.3 is 24.1 Å². The van der Waals surface area contributed by atoms with Crippen molar-refractivity contribution in [3.63, 3.8) is 0 Å². The highest BCUT2D eigenvalue weighted by molar-refractivity contribution is 5.93. The summed E-state index contributed by atoms with van der Waals surface area (Å²) in [5.41, 5.74) is 0.131. The van der Waals surface area contributed by atoms with Crippen molar-refractivity contribution < 1.29 is 28.8 Å². The van der Waals surface area contributed by atoms with Gasteiger partial charge in [0.25, 0.3) is 0 Å². The Morgan fingerprint density at radius 2 is 2.21 bits per heavy atom. The van der Waals surface area contributed by atoms with Crippen molar-refractivity contribution in [3.8, 4) is 0 Å². The number of piperidine rings is 1. The van der Waals surface area contributed by atoms with Gasteiger partial charge in [0.15, 0.2) is 5.76 Å². The molecule has 0 saturated carbocycles. The number of allylic oxidation sites excluding steroid dienone is 1. The zero-order valence-electron chi connectivity index (χ0n) is 17.4. The highest BCUT2D eigenvalue weighted by Crippen LogP contribution is 2.73. The van der Waals surface area contributed by atoms with E-state index in [0.29, 0.717) is 28.9 Å². The lowest BCUT2D eigenvalue weighted by Gasteiger charge is -2.49. The van der Waals surface area contributed by atoms with Crippen molar-refractivity contribution in [1.82, 2.24) is 4.90 Å². The molecule has 6 aliphatic rings. The quantitative estimate of drug-likeness (QED) is 0.720. The fourth-order valence-corrected chi connectivity index (χ4v) is 7.74. The number of hydrogen-bond donors (Lipinski definition) is 1. The molecular formula is C22H29NO6. The molecule has 0 aromatic rings. The average Bonchev–Trinajstić information content (AvgIpc) is 3.40.